The van der Waals surface area contributed by atoms with Crippen molar-refractivity contribution in [2.24, 2.45) is 0 Å². The van der Waals surface area contributed by atoms with Crippen molar-refractivity contribution < 1.29 is 13.2 Å². The molecule has 1 aromatic rings. The van der Waals surface area contributed by atoms with E-state index < -0.39 is 12.7 Å². The van der Waals surface area contributed by atoms with Gasteiger partial charge >= 0.3 is 6.18 Å². The van der Waals surface area contributed by atoms with Gasteiger partial charge in [-0.15, -0.1) is 0 Å². The highest BCUT2D eigenvalue weighted by atomic mass is 19.4. The summed E-state index contributed by atoms with van der Waals surface area (Å²) in [5, 5.41) is 3.20. The van der Waals surface area contributed by atoms with E-state index in [1.807, 2.05) is 13.8 Å². The second-order valence-corrected chi connectivity index (χ2v) is 4.67. The fraction of sp³-hybridized carbons (Fsp3) is 0.615. The van der Waals surface area contributed by atoms with Crippen molar-refractivity contribution in [3.05, 3.63) is 24.0 Å². The molecule has 0 aliphatic carbocycles. The van der Waals surface area contributed by atoms with Gasteiger partial charge in [0.05, 0.1) is 0 Å². The SMILES string of the molecule is CCN(CC(F)(F)F)c1ccncc1CNC(C)C. The van der Waals surface area contributed by atoms with Crippen LogP contribution >= 0.6 is 0 Å². The van der Waals surface area contributed by atoms with Crippen LogP contribution < -0.4 is 10.2 Å². The summed E-state index contributed by atoms with van der Waals surface area (Å²) in [7, 11) is 0. The maximum Gasteiger partial charge on any atom is 0.405 e. The third kappa shape index (κ3) is 5.46. The maximum absolute atomic E-state index is 12.6. The lowest BCUT2D eigenvalue weighted by Gasteiger charge is -2.26. The predicted octanol–water partition coefficient (Wildman–Crippen LogP) is 2.97. The van der Waals surface area contributed by atoms with Gasteiger partial charge in [0.25, 0.3) is 0 Å². The van der Waals surface area contributed by atoms with Crippen LogP contribution in [0, 0.1) is 0 Å². The first kappa shape index (κ1) is 15.8. The molecule has 6 heteroatoms. The van der Waals surface area contributed by atoms with Crippen LogP contribution in [-0.2, 0) is 6.54 Å². The molecule has 0 bridgehead atoms. The molecule has 19 heavy (non-hydrogen) atoms. The summed E-state index contributed by atoms with van der Waals surface area (Å²) < 4.78 is 37.7. The Hall–Kier alpha value is -1.30. The molecule has 0 spiro atoms. The standard InChI is InChI=1S/C13H20F3N3/c1-4-19(9-13(14,15)16)12-5-6-17-7-11(12)8-18-10(2)3/h5-7,10,18H,4,8-9H2,1-3H3. The molecule has 0 unspecified atom stereocenters. The molecule has 0 aliphatic rings. The smallest absolute Gasteiger partial charge is 0.363 e. The fourth-order valence-electron chi connectivity index (χ4n) is 1.76. The summed E-state index contributed by atoms with van der Waals surface area (Å²) in [4.78, 5) is 5.31. The largest absolute Gasteiger partial charge is 0.405 e. The molecule has 0 aliphatic heterocycles. The van der Waals surface area contributed by atoms with Gasteiger partial charge in [0, 0.05) is 42.8 Å². The minimum Gasteiger partial charge on any atom is -0.363 e. The van der Waals surface area contributed by atoms with Crippen LogP contribution in [0.25, 0.3) is 0 Å². The fourth-order valence-corrected chi connectivity index (χ4v) is 1.76. The van der Waals surface area contributed by atoms with Gasteiger partial charge in [0.15, 0.2) is 0 Å². The van der Waals surface area contributed by atoms with Gasteiger partial charge in [-0.25, -0.2) is 0 Å². The van der Waals surface area contributed by atoms with Crippen molar-refractivity contribution in [1.82, 2.24) is 10.3 Å². The number of hydrogen-bond acceptors (Lipinski definition) is 3. The van der Waals surface area contributed by atoms with Crippen molar-refractivity contribution in [2.75, 3.05) is 18.0 Å². The molecule has 0 atom stereocenters. The first-order valence-corrected chi connectivity index (χ1v) is 6.31. The van der Waals surface area contributed by atoms with Crippen molar-refractivity contribution in [1.29, 1.82) is 0 Å². The maximum atomic E-state index is 12.6. The van der Waals surface area contributed by atoms with Gasteiger partial charge < -0.3 is 10.2 Å². The molecule has 0 fully saturated rings. The van der Waals surface area contributed by atoms with Crippen LogP contribution in [-0.4, -0.2) is 30.3 Å². The minimum atomic E-state index is -4.21. The van der Waals surface area contributed by atoms with Crippen LogP contribution in [0.3, 0.4) is 0 Å². The van der Waals surface area contributed by atoms with Crippen molar-refractivity contribution >= 4 is 5.69 Å². The molecule has 0 aromatic carbocycles. The number of hydrogen-bond donors (Lipinski definition) is 1. The highest BCUT2D eigenvalue weighted by molar-refractivity contribution is 5.52. The zero-order valence-corrected chi connectivity index (χ0v) is 11.5. The summed E-state index contributed by atoms with van der Waals surface area (Å²) in [5.41, 5.74) is 1.37. The Morgan fingerprint density at radius 1 is 1.37 bits per heavy atom. The molecule has 1 aromatic heterocycles. The third-order valence-corrected chi connectivity index (χ3v) is 2.67. The van der Waals surface area contributed by atoms with Crippen molar-refractivity contribution in [3.63, 3.8) is 0 Å². The summed E-state index contributed by atoms with van der Waals surface area (Å²) in [6, 6.07) is 1.90. The van der Waals surface area contributed by atoms with Crippen LogP contribution in [0.2, 0.25) is 0 Å². The Bertz CT molecular complexity index is 391. The van der Waals surface area contributed by atoms with Crippen LogP contribution in [0.4, 0.5) is 18.9 Å². The van der Waals surface area contributed by atoms with Crippen LogP contribution in [0.5, 0.6) is 0 Å². The topological polar surface area (TPSA) is 28.2 Å². The summed E-state index contributed by atoms with van der Waals surface area (Å²) in [6.45, 7) is 5.56. The molecule has 0 amide bonds. The predicted molar refractivity (Wildman–Crippen MR) is 70.2 cm³/mol. The highest BCUT2D eigenvalue weighted by Crippen LogP contribution is 2.24. The monoisotopic (exact) mass is 275 g/mol. The van der Waals surface area contributed by atoms with Gasteiger partial charge in [0.2, 0.25) is 0 Å². The van der Waals surface area contributed by atoms with Gasteiger partial charge in [-0.1, -0.05) is 13.8 Å². The van der Waals surface area contributed by atoms with Gasteiger partial charge in [-0.3, -0.25) is 4.98 Å². The first-order chi connectivity index (χ1) is 8.83. The van der Waals surface area contributed by atoms with E-state index in [0.29, 0.717) is 18.8 Å². The quantitative estimate of drug-likeness (QED) is 0.865. The molecule has 1 heterocycles. The van der Waals surface area contributed by atoms with E-state index in [-0.39, 0.29) is 6.04 Å². The van der Waals surface area contributed by atoms with E-state index in [9.17, 15) is 13.2 Å². The molecule has 0 radical (unpaired) electrons. The second-order valence-electron chi connectivity index (χ2n) is 4.67. The number of alkyl halides is 3. The van der Waals surface area contributed by atoms with Crippen molar-refractivity contribution in [2.45, 2.75) is 39.5 Å². The van der Waals surface area contributed by atoms with Gasteiger partial charge in [0.1, 0.15) is 6.54 Å². The average Bonchev–Trinajstić information content (AvgIpc) is 2.33. The molecule has 0 saturated heterocycles. The van der Waals surface area contributed by atoms with E-state index in [2.05, 4.69) is 10.3 Å². The molecular formula is C13H20F3N3. The zero-order valence-electron chi connectivity index (χ0n) is 11.5. The molecule has 108 valence electrons. The van der Waals surface area contributed by atoms with E-state index in [4.69, 9.17) is 0 Å². The summed E-state index contributed by atoms with van der Waals surface area (Å²) >= 11 is 0. The third-order valence-electron chi connectivity index (χ3n) is 2.67. The van der Waals surface area contributed by atoms with Gasteiger partial charge in [-0.05, 0) is 13.0 Å². The lowest BCUT2D eigenvalue weighted by atomic mass is 10.2. The number of nitrogens with zero attached hydrogens (tertiary/aromatic N) is 2. The van der Waals surface area contributed by atoms with E-state index in [1.54, 1.807) is 19.2 Å². The van der Waals surface area contributed by atoms with E-state index >= 15 is 0 Å². The highest BCUT2D eigenvalue weighted by Gasteiger charge is 2.30. The molecule has 1 N–H and O–H groups in total. The number of nitrogens with one attached hydrogen (secondary N) is 1. The van der Waals surface area contributed by atoms with E-state index in [0.717, 1.165) is 5.56 Å². The number of pyridine rings is 1. The average molecular weight is 275 g/mol. The number of anilines is 1. The zero-order chi connectivity index (χ0) is 14.5. The molecule has 1 rings (SSSR count). The molecule has 3 nitrogen and oxygen atoms in total. The Labute approximate surface area is 111 Å². The Morgan fingerprint density at radius 3 is 2.58 bits per heavy atom. The lowest BCUT2D eigenvalue weighted by molar-refractivity contribution is -0.119. The minimum absolute atomic E-state index is 0.269. The van der Waals surface area contributed by atoms with Crippen molar-refractivity contribution in [3.8, 4) is 0 Å². The Balaban J connectivity index is 2.90. The first-order valence-electron chi connectivity index (χ1n) is 6.31. The number of halogens is 3. The molecular weight excluding hydrogens is 255 g/mol. The van der Waals surface area contributed by atoms with E-state index in [1.165, 1.54) is 11.1 Å². The van der Waals surface area contributed by atoms with Gasteiger partial charge in [-0.2, -0.15) is 13.2 Å². The second kappa shape index (κ2) is 6.75. The molecule has 0 saturated carbocycles. The number of rotatable bonds is 6. The van der Waals surface area contributed by atoms with Crippen LogP contribution in [0.15, 0.2) is 18.5 Å². The Morgan fingerprint density at radius 2 is 2.05 bits per heavy atom. The summed E-state index contributed by atoms with van der Waals surface area (Å²) in [5.74, 6) is 0. The lowest BCUT2D eigenvalue weighted by Crippen LogP contribution is -2.35. The summed E-state index contributed by atoms with van der Waals surface area (Å²) in [6.07, 6.45) is -1.07. The number of aromatic nitrogens is 1. The normalized spacial score (nSPS) is 11.9. The Kier molecular flexibility index (Phi) is 5.60. The van der Waals surface area contributed by atoms with Crippen LogP contribution in [0.1, 0.15) is 26.3 Å².